The van der Waals surface area contributed by atoms with Crippen molar-refractivity contribution in [3.05, 3.63) is 108 Å². The molecule has 0 aliphatic heterocycles. The summed E-state index contributed by atoms with van der Waals surface area (Å²) in [6.45, 7) is 8.65. The average molecular weight is 369 g/mol. The van der Waals surface area contributed by atoms with Gasteiger partial charge in [0, 0.05) is 39.6 Å². The van der Waals surface area contributed by atoms with Crippen molar-refractivity contribution in [1.29, 1.82) is 0 Å². The minimum atomic E-state index is 1.02. The molecule has 0 aliphatic rings. The molecule has 0 radical (unpaired) electrons. The molecule has 0 aromatic heterocycles. The molecule has 0 saturated carbocycles. The highest BCUT2D eigenvalue weighted by molar-refractivity contribution is 5.84. The van der Waals surface area contributed by atoms with Crippen molar-refractivity contribution in [2.24, 2.45) is 0 Å². The van der Waals surface area contributed by atoms with Crippen LogP contribution in [0.2, 0.25) is 0 Å². The summed E-state index contributed by atoms with van der Waals surface area (Å²) in [6.07, 6.45) is 0. The zero-order chi connectivity index (χ0) is 20.3. The molecule has 0 atom stereocenters. The fourth-order valence-electron chi connectivity index (χ4n) is 3.15. The lowest BCUT2D eigenvalue weighted by Crippen LogP contribution is -2.08. The van der Waals surface area contributed by atoms with E-state index in [1.807, 2.05) is 28.2 Å². The molecular formula is C26H28N2. The van der Waals surface area contributed by atoms with Crippen LogP contribution in [0.3, 0.4) is 0 Å². The summed E-state index contributed by atoms with van der Waals surface area (Å²) in [4.78, 5) is 4.19. The van der Waals surface area contributed by atoms with Crippen LogP contribution in [0.15, 0.2) is 86.0 Å². The van der Waals surface area contributed by atoms with Gasteiger partial charge in [-0.1, -0.05) is 55.6 Å². The third kappa shape index (κ3) is 4.17. The Hall–Kier alpha value is -3.26. The molecule has 0 saturated heterocycles. The van der Waals surface area contributed by atoms with E-state index in [0.29, 0.717) is 0 Å². The lowest BCUT2D eigenvalue weighted by molar-refractivity contribution is 1.13. The van der Waals surface area contributed by atoms with E-state index in [4.69, 9.17) is 0 Å². The van der Waals surface area contributed by atoms with Crippen molar-refractivity contribution in [3.8, 4) is 0 Å². The van der Waals surface area contributed by atoms with Crippen LogP contribution in [0, 0.1) is 0 Å². The fourth-order valence-corrected chi connectivity index (χ4v) is 3.15. The van der Waals surface area contributed by atoms with Gasteiger partial charge in [-0.05, 0) is 63.7 Å². The quantitative estimate of drug-likeness (QED) is 0.531. The van der Waals surface area contributed by atoms with E-state index in [0.717, 1.165) is 33.4 Å². The Bertz CT molecular complexity index is 899. The molecule has 0 unspecified atom stereocenters. The molecule has 0 heterocycles. The first-order chi connectivity index (χ1) is 13.4. The molecule has 0 aliphatic carbocycles. The summed E-state index contributed by atoms with van der Waals surface area (Å²) in [6, 6.07) is 25.4. The molecule has 2 heteroatoms. The second-order valence-corrected chi connectivity index (χ2v) is 7.42. The van der Waals surface area contributed by atoms with Crippen molar-refractivity contribution < 1.29 is 0 Å². The molecule has 0 amide bonds. The van der Waals surface area contributed by atoms with Crippen molar-refractivity contribution in [2.75, 3.05) is 38.0 Å². The predicted molar refractivity (Wildman–Crippen MR) is 124 cm³/mol. The van der Waals surface area contributed by atoms with Gasteiger partial charge in [0.05, 0.1) is 0 Å². The Morgan fingerprint density at radius 1 is 0.536 bits per heavy atom. The largest absolute Gasteiger partial charge is 0.378 e. The molecular weight excluding hydrogens is 340 g/mol. The van der Waals surface area contributed by atoms with E-state index in [2.05, 4.69) is 95.8 Å². The number of hydrogen-bond donors (Lipinski definition) is 0. The van der Waals surface area contributed by atoms with Gasteiger partial charge in [-0.2, -0.15) is 0 Å². The highest BCUT2D eigenvalue weighted by Crippen LogP contribution is 2.28. The first-order valence-electron chi connectivity index (χ1n) is 9.41. The maximum absolute atomic E-state index is 4.33. The molecule has 0 N–H and O–H groups in total. The van der Waals surface area contributed by atoms with Crippen LogP contribution >= 0.6 is 0 Å². The van der Waals surface area contributed by atoms with E-state index in [1.54, 1.807) is 0 Å². The number of benzene rings is 3. The van der Waals surface area contributed by atoms with Crippen LogP contribution in [0.5, 0.6) is 0 Å². The van der Waals surface area contributed by atoms with Gasteiger partial charge < -0.3 is 9.80 Å². The first kappa shape index (κ1) is 19.5. The molecule has 28 heavy (non-hydrogen) atoms. The predicted octanol–water partition coefficient (Wildman–Crippen LogP) is 5.94. The molecule has 3 aromatic carbocycles. The van der Waals surface area contributed by atoms with E-state index < -0.39 is 0 Å². The van der Waals surface area contributed by atoms with Crippen LogP contribution in [0.4, 0.5) is 11.4 Å². The number of nitrogens with zero attached hydrogens (tertiary/aromatic N) is 2. The Morgan fingerprint density at radius 3 is 1.21 bits per heavy atom. The van der Waals surface area contributed by atoms with Crippen molar-refractivity contribution in [2.45, 2.75) is 0 Å². The molecule has 2 nitrogen and oxygen atoms in total. The maximum Gasteiger partial charge on any atom is 0.0361 e. The van der Waals surface area contributed by atoms with Gasteiger partial charge in [-0.3, -0.25) is 0 Å². The Balaban J connectivity index is 1.85. The molecule has 3 rings (SSSR count). The minimum absolute atomic E-state index is 1.02. The van der Waals surface area contributed by atoms with Crippen LogP contribution < -0.4 is 9.80 Å². The van der Waals surface area contributed by atoms with Gasteiger partial charge in [-0.15, -0.1) is 0 Å². The normalized spacial score (nSPS) is 10.4. The molecule has 3 aromatic rings. The van der Waals surface area contributed by atoms with Crippen LogP contribution in [-0.2, 0) is 0 Å². The van der Waals surface area contributed by atoms with E-state index >= 15 is 0 Å². The van der Waals surface area contributed by atoms with Crippen molar-refractivity contribution >= 4 is 22.5 Å². The topological polar surface area (TPSA) is 6.48 Å². The van der Waals surface area contributed by atoms with Crippen LogP contribution in [-0.4, -0.2) is 28.2 Å². The summed E-state index contributed by atoms with van der Waals surface area (Å²) >= 11 is 0. The maximum atomic E-state index is 4.33. The summed E-state index contributed by atoms with van der Waals surface area (Å²) < 4.78 is 0. The van der Waals surface area contributed by atoms with E-state index in [-0.39, 0.29) is 0 Å². The Labute approximate surface area is 169 Å². The van der Waals surface area contributed by atoms with Crippen molar-refractivity contribution in [1.82, 2.24) is 0 Å². The highest BCUT2D eigenvalue weighted by Gasteiger charge is 2.08. The Kier molecular flexibility index (Phi) is 5.70. The Morgan fingerprint density at radius 2 is 0.893 bits per heavy atom. The van der Waals surface area contributed by atoms with Gasteiger partial charge >= 0.3 is 0 Å². The van der Waals surface area contributed by atoms with Gasteiger partial charge in [-0.25, -0.2) is 0 Å². The summed E-state index contributed by atoms with van der Waals surface area (Å²) in [5.74, 6) is 0. The van der Waals surface area contributed by atoms with Crippen molar-refractivity contribution in [3.63, 3.8) is 0 Å². The summed E-state index contributed by atoms with van der Waals surface area (Å²) in [7, 11) is 8.18. The van der Waals surface area contributed by atoms with Gasteiger partial charge in [0.1, 0.15) is 0 Å². The first-order valence-corrected chi connectivity index (χ1v) is 9.41. The molecule has 0 bridgehead atoms. The number of rotatable bonds is 6. The second-order valence-electron chi connectivity index (χ2n) is 7.42. The molecule has 142 valence electrons. The monoisotopic (exact) mass is 368 g/mol. The minimum Gasteiger partial charge on any atom is -0.378 e. The molecule has 0 fully saturated rings. The van der Waals surface area contributed by atoms with Gasteiger partial charge in [0.2, 0.25) is 0 Å². The van der Waals surface area contributed by atoms with Crippen LogP contribution in [0.25, 0.3) is 11.1 Å². The fraction of sp³-hybridized carbons (Fsp3) is 0.154. The zero-order valence-corrected chi connectivity index (χ0v) is 17.2. The van der Waals surface area contributed by atoms with E-state index in [1.165, 1.54) is 11.4 Å². The summed E-state index contributed by atoms with van der Waals surface area (Å²) in [5.41, 5.74) is 8.88. The summed E-state index contributed by atoms with van der Waals surface area (Å²) in [5, 5.41) is 0. The molecule has 0 spiro atoms. The number of hydrogen-bond acceptors (Lipinski definition) is 2. The lowest BCUT2D eigenvalue weighted by atomic mass is 9.93. The smallest absolute Gasteiger partial charge is 0.0361 e. The standard InChI is InChI=1S/C26H28N2/c1-19(21-10-14-25(15-11-21)27(3)4)23-8-7-9-24(18-23)20(2)22-12-16-26(17-13-22)28(5)6/h7-18H,1-2H2,3-6H3. The van der Waals surface area contributed by atoms with Crippen LogP contribution in [0.1, 0.15) is 22.3 Å². The van der Waals surface area contributed by atoms with Gasteiger partial charge in [0.15, 0.2) is 0 Å². The van der Waals surface area contributed by atoms with Gasteiger partial charge in [0.25, 0.3) is 0 Å². The highest BCUT2D eigenvalue weighted by atomic mass is 15.1. The zero-order valence-electron chi connectivity index (χ0n) is 17.2. The third-order valence-corrected chi connectivity index (χ3v) is 5.02. The third-order valence-electron chi connectivity index (χ3n) is 5.02. The van der Waals surface area contributed by atoms with E-state index in [9.17, 15) is 0 Å². The lowest BCUT2D eigenvalue weighted by Gasteiger charge is -2.15. The average Bonchev–Trinajstić information content (AvgIpc) is 2.73. The SMILES string of the molecule is C=C(c1ccc(N(C)C)cc1)c1cccc(C(=C)c2ccc(N(C)C)cc2)c1. The number of anilines is 2. The second kappa shape index (κ2) is 8.18.